The van der Waals surface area contributed by atoms with Gasteiger partial charge in [-0.1, -0.05) is 24.3 Å². The van der Waals surface area contributed by atoms with E-state index in [9.17, 15) is 9.18 Å². The van der Waals surface area contributed by atoms with E-state index in [-0.39, 0.29) is 17.9 Å². The first-order valence-corrected chi connectivity index (χ1v) is 10.6. The molecule has 2 aliphatic heterocycles. The summed E-state index contributed by atoms with van der Waals surface area (Å²) in [7, 11) is 0. The van der Waals surface area contributed by atoms with Gasteiger partial charge in [0.05, 0.1) is 5.56 Å². The van der Waals surface area contributed by atoms with Crippen molar-refractivity contribution < 1.29 is 13.9 Å². The number of carbonyl (C=O) groups excluding carboxylic acids is 1. The van der Waals surface area contributed by atoms with Crippen molar-refractivity contribution in [2.75, 3.05) is 25.0 Å². The maximum absolute atomic E-state index is 13.1. The number of amides is 2. The van der Waals surface area contributed by atoms with Gasteiger partial charge >= 0.3 is 6.03 Å². The molecule has 2 aliphatic rings. The average Bonchev–Trinajstić information content (AvgIpc) is 2.97. The zero-order valence-electron chi connectivity index (χ0n) is 17.7. The molecule has 5 rings (SSSR count). The van der Waals surface area contributed by atoms with Crippen LogP contribution in [0.5, 0.6) is 11.5 Å². The van der Waals surface area contributed by atoms with Crippen LogP contribution in [0.4, 0.5) is 20.6 Å². The average molecular weight is 430 g/mol. The number of aliphatic imine (C=N–C) groups is 1. The number of ether oxygens (including phenoxy) is 1. The summed E-state index contributed by atoms with van der Waals surface area (Å²) >= 11 is 0. The highest BCUT2D eigenvalue weighted by atomic mass is 19.1. The van der Waals surface area contributed by atoms with Crippen molar-refractivity contribution in [2.24, 2.45) is 4.99 Å². The Morgan fingerprint density at radius 3 is 2.50 bits per heavy atom. The number of hydrogen-bond donors (Lipinski definition) is 1. The Labute approximate surface area is 185 Å². The molecule has 1 unspecified atom stereocenters. The van der Waals surface area contributed by atoms with Gasteiger partial charge in [-0.2, -0.15) is 0 Å². The fourth-order valence-corrected chi connectivity index (χ4v) is 4.09. The monoisotopic (exact) mass is 430 g/mol. The zero-order chi connectivity index (χ0) is 22.1. The molecule has 162 valence electrons. The summed E-state index contributed by atoms with van der Waals surface area (Å²) in [6, 6.07) is 21.2. The number of para-hydroxylation sites is 3. The van der Waals surface area contributed by atoms with Crippen molar-refractivity contribution in [1.82, 2.24) is 9.80 Å². The van der Waals surface area contributed by atoms with Crippen molar-refractivity contribution in [3.63, 3.8) is 0 Å². The topological polar surface area (TPSA) is 57.2 Å². The first-order chi connectivity index (χ1) is 15.6. The SMILES string of the molecule is CC1CN(C2=Nc3ccccc3Oc3ccccc32)CCN1C(=O)Nc1ccc(F)cc1. The highest BCUT2D eigenvalue weighted by molar-refractivity contribution is 6.04. The number of carbonyl (C=O) groups is 1. The second-order valence-electron chi connectivity index (χ2n) is 7.93. The molecule has 0 saturated carbocycles. The van der Waals surface area contributed by atoms with Crippen molar-refractivity contribution in [3.05, 3.63) is 84.2 Å². The molecule has 0 bridgehead atoms. The van der Waals surface area contributed by atoms with Gasteiger partial charge in [-0.05, 0) is 55.5 Å². The van der Waals surface area contributed by atoms with E-state index in [0.29, 0.717) is 25.3 Å². The van der Waals surface area contributed by atoms with Crippen LogP contribution in [0.25, 0.3) is 0 Å². The van der Waals surface area contributed by atoms with Gasteiger partial charge in [0.25, 0.3) is 0 Å². The number of urea groups is 1. The molecule has 1 saturated heterocycles. The molecule has 1 fully saturated rings. The predicted octanol–water partition coefficient (Wildman–Crippen LogP) is 5.25. The first kappa shape index (κ1) is 20.1. The molecule has 3 aromatic rings. The van der Waals surface area contributed by atoms with Crippen molar-refractivity contribution in [3.8, 4) is 11.5 Å². The lowest BCUT2D eigenvalue weighted by atomic mass is 10.1. The van der Waals surface area contributed by atoms with Gasteiger partial charge in [0.1, 0.15) is 23.1 Å². The molecule has 0 radical (unpaired) electrons. The summed E-state index contributed by atoms with van der Waals surface area (Å²) < 4.78 is 19.3. The van der Waals surface area contributed by atoms with Crippen molar-refractivity contribution in [1.29, 1.82) is 0 Å². The second kappa shape index (κ2) is 8.34. The molecule has 7 heteroatoms. The molecule has 32 heavy (non-hydrogen) atoms. The largest absolute Gasteiger partial charge is 0.454 e. The predicted molar refractivity (Wildman–Crippen MR) is 122 cm³/mol. The maximum atomic E-state index is 13.1. The number of hydrogen-bond acceptors (Lipinski definition) is 4. The number of halogens is 1. The maximum Gasteiger partial charge on any atom is 0.322 e. The van der Waals surface area contributed by atoms with E-state index in [1.807, 2.05) is 55.5 Å². The van der Waals surface area contributed by atoms with E-state index in [4.69, 9.17) is 9.73 Å². The molecule has 1 N–H and O–H groups in total. The number of fused-ring (bicyclic) bond motifs is 2. The van der Waals surface area contributed by atoms with Gasteiger partial charge in [0.2, 0.25) is 0 Å². The Kier molecular flexibility index (Phi) is 5.23. The van der Waals surface area contributed by atoms with Crippen LogP contribution in [0.3, 0.4) is 0 Å². The van der Waals surface area contributed by atoms with Gasteiger partial charge in [-0.3, -0.25) is 0 Å². The quantitative estimate of drug-likeness (QED) is 0.574. The normalized spacial score (nSPS) is 17.4. The Hall–Kier alpha value is -3.87. The minimum Gasteiger partial charge on any atom is -0.454 e. The Bertz CT molecular complexity index is 1180. The first-order valence-electron chi connectivity index (χ1n) is 10.6. The third-order valence-corrected chi connectivity index (χ3v) is 5.72. The molecule has 2 heterocycles. The van der Waals surface area contributed by atoms with Crippen LogP contribution in [0, 0.1) is 5.82 Å². The molecule has 0 aromatic heterocycles. The second-order valence-corrected chi connectivity index (χ2v) is 7.93. The molecule has 3 aromatic carbocycles. The lowest BCUT2D eigenvalue weighted by Crippen LogP contribution is -2.56. The minimum atomic E-state index is -0.333. The van der Waals surface area contributed by atoms with Crippen LogP contribution in [0.1, 0.15) is 12.5 Å². The number of anilines is 1. The highest BCUT2D eigenvalue weighted by Gasteiger charge is 2.31. The van der Waals surface area contributed by atoms with Crippen LogP contribution in [-0.4, -0.2) is 47.3 Å². The summed E-state index contributed by atoms with van der Waals surface area (Å²) in [4.78, 5) is 21.8. The van der Waals surface area contributed by atoms with E-state index in [1.54, 1.807) is 17.0 Å². The lowest BCUT2D eigenvalue weighted by Gasteiger charge is -2.41. The van der Waals surface area contributed by atoms with Crippen LogP contribution >= 0.6 is 0 Å². The van der Waals surface area contributed by atoms with Crippen LogP contribution in [0.15, 0.2) is 77.8 Å². The molecule has 1 atom stereocenters. The summed E-state index contributed by atoms with van der Waals surface area (Å²) in [6.45, 7) is 3.82. The fourth-order valence-electron chi connectivity index (χ4n) is 4.09. The highest BCUT2D eigenvalue weighted by Crippen LogP contribution is 2.38. The molecule has 0 aliphatic carbocycles. The third-order valence-electron chi connectivity index (χ3n) is 5.72. The van der Waals surface area contributed by atoms with Gasteiger partial charge in [0.15, 0.2) is 5.75 Å². The van der Waals surface area contributed by atoms with E-state index in [1.165, 1.54) is 12.1 Å². The van der Waals surface area contributed by atoms with E-state index in [0.717, 1.165) is 28.6 Å². The number of nitrogens with one attached hydrogen (secondary N) is 1. The van der Waals surface area contributed by atoms with Gasteiger partial charge in [-0.15, -0.1) is 0 Å². The standard InChI is InChI=1S/C25H23FN4O2/c1-17-16-29(14-15-30(17)25(31)27-19-12-10-18(26)11-13-19)24-20-6-2-4-8-22(20)32-23-9-5-3-7-21(23)28-24/h2-13,17H,14-16H2,1H3,(H,27,31). The minimum absolute atomic E-state index is 0.0431. The molecule has 2 amide bonds. The zero-order valence-corrected chi connectivity index (χ0v) is 17.7. The van der Waals surface area contributed by atoms with Crippen LogP contribution in [0.2, 0.25) is 0 Å². The van der Waals surface area contributed by atoms with Gasteiger partial charge in [-0.25, -0.2) is 14.2 Å². The summed E-state index contributed by atoms with van der Waals surface area (Å²) in [6.07, 6.45) is 0. The Morgan fingerprint density at radius 1 is 1.00 bits per heavy atom. The van der Waals surface area contributed by atoms with Crippen LogP contribution in [-0.2, 0) is 0 Å². The summed E-state index contributed by atoms with van der Waals surface area (Å²) in [5.74, 6) is 2.00. The Morgan fingerprint density at radius 2 is 1.72 bits per heavy atom. The van der Waals surface area contributed by atoms with Crippen molar-refractivity contribution >= 4 is 23.2 Å². The number of piperazine rings is 1. The molecular weight excluding hydrogens is 407 g/mol. The number of amidine groups is 1. The van der Waals surface area contributed by atoms with E-state index in [2.05, 4.69) is 10.2 Å². The van der Waals surface area contributed by atoms with E-state index >= 15 is 0 Å². The lowest BCUT2D eigenvalue weighted by molar-refractivity contribution is 0.145. The molecular formula is C25H23FN4O2. The van der Waals surface area contributed by atoms with Gasteiger partial charge in [0, 0.05) is 31.4 Å². The number of rotatable bonds is 1. The third kappa shape index (κ3) is 3.89. The summed E-state index contributed by atoms with van der Waals surface area (Å²) in [5, 5.41) is 2.85. The fraction of sp³-hybridized carbons (Fsp3) is 0.200. The molecule has 6 nitrogen and oxygen atoms in total. The smallest absolute Gasteiger partial charge is 0.322 e. The van der Waals surface area contributed by atoms with Crippen molar-refractivity contribution in [2.45, 2.75) is 13.0 Å². The summed E-state index contributed by atoms with van der Waals surface area (Å²) in [5.41, 5.74) is 2.28. The van der Waals surface area contributed by atoms with Gasteiger partial charge < -0.3 is 19.9 Å². The Balaban J connectivity index is 1.37. The molecule has 0 spiro atoms. The van der Waals surface area contributed by atoms with Crippen LogP contribution < -0.4 is 10.1 Å². The number of nitrogens with zero attached hydrogens (tertiary/aromatic N) is 3. The number of benzene rings is 3. The van der Waals surface area contributed by atoms with E-state index < -0.39 is 0 Å².